The molecule has 1 aromatic heterocycles. The third kappa shape index (κ3) is 7.36. The summed E-state index contributed by atoms with van der Waals surface area (Å²) >= 11 is 0. The Balaban J connectivity index is 1.22. The first kappa shape index (κ1) is 37.9. The highest BCUT2D eigenvalue weighted by atomic mass is 19.1. The maximum Gasteiger partial charge on any atom is 0.261 e. The molecule has 54 heavy (non-hydrogen) atoms. The van der Waals surface area contributed by atoms with E-state index in [-0.39, 0.29) is 41.8 Å². The van der Waals surface area contributed by atoms with E-state index in [0.29, 0.717) is 31.5 Å². The Morgan fingerprint density at radius 3 is 2.39 bits per heavy atom. The third-order valence-electron chi connectivity index (χ3n) is 10.9. The van der Waals surface area contributed by atoms with E-state index in [2.05, 4.69) is 70.8 Å². The van der Waals surface area contributed by atoms with E-state index < -0.39 is 23.7 Å². The number of rotatable bonds is 15. The number of aromatic nitrogens is 1. The summed E-state index contributed by atoms with van der Waals surface area (Å²) in [7, 11) is 1.39. The van der Waals surface area contributed by atoms with Crippen molar-refractivity contribution in [3.8, 4) is 17.2 Å². The highest BCUT2D eigenvalue weighted by Gasteiger charge is 2.44. The second-order valence-corrected chi connectivity index (χ2v) is 14.5. The Labute approximate surface area is 314 Å². The normalized spacial score (nSPS) is 15.1. The van der Waals surface area contributed by atoms with Gasteiger partial charge < -0.3 is 24.4 Å². The summed E-state index contributed by atoms with van der Waals surface area (Å²) in [6.07, 6.45) is 3.39. The van der Waals surface area contributed by atoms with Crippen molar-refractivity contribution in [2.45, 2.75) is 71.3 Å². The Kier molecular flexibility index (Phi) is 11.0. The second-order valence-electron chi connectivity index (χ2n) is 14.5. The molecular weight excluding hydrogens is 687 g/mol. The van der Waals surface area contributed by atoms with Crippen LogP contribution in [0.15, 0.2) is 59.1 Å². The number of anilines is 3. The van der Waals surface area contributed by atoms with Gasteiger partial charge in [-0.3, -0.25) is 19.3 Å². The molecule has 1 saturated heterocycles. The largest absolute Gasteiger partial charge is 0.368 e. The standard InChI is InChI=1S/C42H45FN6O5/c1-26-8-9-31(39-28(3)46-54-29(39)4)20-37(26)48(33-12-10-32(11-13-33)42(24-44)15-16-42)17-14-30-22-47(23-30)38-21-34(27(2)19-35(38)43)41(53)49(25-51)36(7-6-18-50)40(52)45-5/h8-13,18-21,25,30,36H,6-7,14-17,22-23H2,1-5H3,(H,45,52). The van der Waals surface area contributed by atoms with Gasteiger partial charge in [-0.2, -0.15) is 5.26 Å². The topological polar surface area (TPSA) is 140 Å². The van der Waals surface area contributed by atoms with Crippen molar-refractivity contribution < 1.29 is 28.1 Å². The summed E-state index contributed by atoms with van der Waals surface area (Å²) in [5.41, 5.74) is 7.23. The van der Waals surface area contributed by atoms with Gasteiger partial charge in [0.25, 0.3) is 5.91 Å². The molecule has 3 aromatic carbocycles. The minimum absolute atomic E-state index is 0.0185. The average molecular weight is 733 g/mol. The zero-order chi connectivity index (χ0) is 38.7. The van der Waals surface area contributed by atoms with Crippen molar-refractivity contribution in [2.75, 3.05) is 36.5 Å². The van der Waals surface area contributed by atoms with E-state index in [1.54, 1.807) is 6.92 Å². The molecule has 6 rings (SSSR count). The number of hydrogen-bond donors (Lipinski definition) is 1. The molecule has 0 bridgehead atoms. The zero-order valence-electron chi connectivity index (χ0n) is 31.3. The molecule has 280 valence electrons. The van der Waals surface area contributed by atoms with Crippen LogP contribution >= 0.6 is 0 Å². The molecule has 1 N–H and O–H groups in total. The number of nitriles is 1. The molecule has 2 fully saturated rings. The summed E-state index contributed by atoms with van der Waals surface area (Å²) in [5, 5.41) is 16.4. The van der Waals surface area contributed by atoms with Crippen LogP contribution in [0.5, 0.6) is 0 Å². The number of aldehydes is 1. The highest BCUT2D eigenvalue weighted by molar-refractivity contribution is 6.04. The van der Waals surface area contributed by atoms with Gasteiger partial charge in [-0.15, -0.1) is 0 Å². The number of benzene rings is 3. The molecule has 1 saturated carbocycles. The summed E-state index contributed by atoms with van der Waals surface area (Å²) in [5.74, 6) is -0.831. The Hall–Kier alpha value is -5.83. The van der Waals surface area contributed by atoms with Gasteiger partial charge in [0.1, 0.15) is 23.9 Å². The van der Waals surface area contributed by atoms with Gasteiger partial charge >= 0.3 is 0 Å². The lowest BCUT2D eigenvalue weighted by atomic mass is 9.93. The molecule has 2 aliphatic rings. The van der Waals surface area contributed by atoms with Crippen LogP contribution in [0.3, 0.4) is 0 Å². The summed E-state index contributed by atoms with van der Waals surface area (Å²) in [6.45, 7) is 9.28. The Morgan fingerprint density at radius 1 is 1.07 bits per heavy atom. The van der Waals surface area contributed by atoms with E-state index >= 15 is 4.39 Å². The number of hydrogen-bond acceptors (Lipinski definition) is 9. The SMILES string of the molecule is CNC(=O)C(CCC=O)N(C=O)C(=O)c1cc(N2CC(CCN(c3ccc(C4(C#N)CC4)cc3)c3cc(-c4c(C)noc4C)ccc3C)C2)c(F)cc1C. The Bertz CT molecular complexity index is 2090. The minimum Gasteiger partial charge on any atom is -0.368 e. The molecule has 4 aromatic rings. The van der Waals surface area contributed by atoms with Crippen LogP contribution in [0.4, 0.5) is 21.5 Å². The molecule has 12 heteroatoms. The number of nitrogens with zero attached hydrogens (tertiary/aromatic N) is 5. The quantitative estimate of drug-likeness (QED) is 0.134. The van der Waals surface area contributed by atoms with Gasteiger partial charge in [0.2, 0.25) is 12.3 Å². The third-order valence-corrected chi connectivity index (χ3v) is 10.9. The van der Waals surface area contributed by atoms with Crippen LogP contribution in [0.1, 0.15) is 70.6 Å². The first-order valence-electron chi connectivity index (χ1n) is 18.3. The van der Waals surface area contributed by atoms with Crippen molar-refractivity contribution in [1.82, 2.24) is 15.4 Å². The van der Waals surface area contributed by atoms with Crippen LogP contribution in [-0.2, 0) is 19.8 Å². The molecule has 3 amide bonds. The van der Waals surface area contributed by atoms with Gasteiger partial charge in [0.15, 0.2) is 0 Å². The van der Waals surface area contributed by atoms with E-state index in [1.165, 1.54) is 19.2 Å². The number of amides is 3. The fourth-order valence-corrected chi connectivity index (χ4v) is 7.48. The van der Waals surface area contributed by atoms with E-state index in [4.69, 9.17) is 4.52 Å². The fourth-order valence-electron chi connectivity index (χ4n) is 7.48. The molecule has 0 spiro atoms. The maximum atomic E-state index is 15.5. The second kappa shape index (κ2) is 15.6. The predicted molar refractivity (Wildman–Crippen MR) is 203 cm³/mol. The molecule has 1 aliphatic heterocycles. The molecule has 1 aliphatic carbocycles. The molecule has 2 heterocycles. The summed E-state index contributed by atoms with van der Waals surface area (Å²) in [4.78, 5) is 54.3. The first-order valence-corrected chi connectivity index (χ1v) is 18.3. The first-order chi connectivity index (χ1) is 25.9. The number of imide groups is 1. The van der Waals surface area contributed by atoms with Crippen molar-refractivity contribution in [2.24, 2.45) is 5.92 Å². The van der Waals surface area contributed by atoms with Gasteiger partial charge in [0, 0.05) is 55.6 Å². The lowest BCUT2D eigenvalue weighted by Gasteiger charge is -2.42. The fraction of sp³-hybridized carbons (Fsp3) is 0.381. The number of nitrogens with one attached hydrogen (secondary N) is 1. The van der Waals surface area contributed by atoms with Crippen molar-refractivity contribution in [3.05, 3.63) is 94.1 Å². The van der Waals surface area contributed by atoms with Gasteiger partial charge in [-0.25, -0.2) is 4.39 Å². The molecular formula is C42H45FN6O5. The van der Waals surface area contributed by atoms with Crippen molar-refractivity contribution in [1.29, 1.82) is 5.26 Å². The molecule has 11 nitrogen and oxygen atoms in total. The maximum absolute atomic E-state index is 15.5. The molecule has 1 atom stereocenters. The summed E-state index contributed by atoms with van der Waals surface area (Å²) < 4.78 is 20.9. The van der Waals surface area contributed by atoms with Gasteiger partial charge in [-0.1, -0.05) is 29.4 Å². The molecule has 0 radical (unpaired) electrons. The number of carbonyl (C=O) groups excluding carboxylic acids is 4. The van der Waals surface area contributed by atoms with Crippen molar-refractivity contribution >= 4 is 41.6 Å². The van der Waals surface area contributed by atoms with Crippen LogP contribution in [0.2, 0.25) is 0 Å². The van der Waals surface area contributed by atoms with Crippen LogP contribution < -0.4 is 15.1 Å². The zero-order valence-corrected chi connectivity index (χ0v) is 31.3. The minimum atomic E-state index is -1.18. The van der Waals surface area contributed by atoms with Gasteiger partial charge in [0.05, 0.1) is 22.9 Å². The van der Waals surface area contributed by atoms with Crippen LogP contribution in [0.25, 0.3) is 11.1 Å². The average Bonchev–Trinajstić information content (AvgIpc) is 3.89. The highest BCUT2D eigenvalue weighted by Crippen LogP contribution is 2.48. The van der Waals surface area contributed by atoms with Gasteiger partial charge in [-0.05, 0) is 112 Å². The van der Waals surface area contributed by atoms with E-state index in [1.807, 2.05) is 18.7 Å². The Morgan fingerprint density at radius 2 is 1.80 bits per heavy atom. The molecule has 1 unspecified atom stereocenters. The number of carbonyl (C=O) groups is 4. The van der Waals surface area contributed by atoms with Crippen molar-refractivity contribution in [3.63, 3.8) is 0 Å². The lowest BCUT2D eigenvalue weighted by Crippen LogP contribution is -2.49. The van der Waals surface area contributed by atoms with E-state index in [0.717, 1.165) is 69.2 Å². The number of aryl methyl sites for hydroxylation is 4. The van der Waals surface area contributed by atoms with Crippen LogP contribution in [0, 0.1) is 50.8 Å². The monoisotopic (exact) mass is 732 g/mol. The smallest absolute Gasteiger partial charge is 0.261 e. The number of likely N-dealkylation sites (N-methyl/N-ethyl adjacent to an activating group) is 1. The summed E-state index contributed by atoms with van der Waals surface area (Å²) in [6, 6.07) is 18.6. The van der Waals surface area contributed by atoms with E-state index in [9.17, 15) is 24.4 Å². The predicted octanol–water partition coefficient (Wildman–Crippen LogP) is 6.63. The van der Waals surface area contributed by atoms with Crippen LogP contribution in [-0.4, -0.2) is 67.3 Å². The number of halogens is 1. The lowest BCUT2D eigenvalue weighted by molar-refractivity contribution is -0.131.